The molecule has 1 aliphatic rings. The zero-order chi connectivity index (χ0) is 31.7. The van der Waals surface area contributed by atoms with E-state index in [0.29, 0.717) is 45.3 Å². The Balaban J connectivity index is 2.00. The highest BCUT2D eigenvalue weighted by atomic mass is 16.4. The highest BCUT2D eigenvalue weighted by molar-refractivity contribution is 5.89. The van der Waals surface area contributed by atoms with E-state index >= 15 is 0 Å². The summed E-state index contributed by atoms with van der Waals surface area (Å²) in [5.74, 6) is -2.89. The highest BCUT2D eigenvalue weighted by Gasteiger charge is 2.30. The third-order valence-electron chi connectivity index (χ3n) is 8.33. The summed E-state index contributed by atoms with van der Waals surface area (Å²) in [7, 11) is 0. The Kier molecular flexibility index (Phi) is 22.1. The van der Waals surface area contributed by atoms with Crippen LogP contribution >= 0.6 is 0 Å². The normalized spacial score (nSPS) is 14.3. The van der Waals surface area contributed by atoms with E-state index < -0.39 is 23.9 Å². The van der Waals surface area contributed by atoms with Crippen molar-refractivity contribution in [3.8, 4) is 0 Å². The minimum absolute atomic E-state index is 0.132. The fourth-order valence-corrected chi connectivity index (χ4v) is 5.59. The zero-order valence-corrected chi connectivity index (χ0v) is 26.7. The average Bonchev–Trinajstić information content (AvgIpc) is 2.98. The minimum Gasteiger partial charge on any atom is -0.481 e. The molecule has 0 radical (unpaired) electrons. The molecule has 1 aliphatic heterocycles. The first-order valence-electron chi connectivity index (χ1n) is 17.0. The second kappa shape index (κ2) is 24.8. The van der Waals surface area contributed by atoms with Crippen LogP contribution in [-0.4, -0.2) is 70.4 Å². The van der Waals surface area contributed by atoms with Crippen molar-refractivity contribution in [3.05, 3.63) is 0 Å². The van der Waals surface area contributed by atoms with Crippen molar-refractivity contribution in [3.63, 3.8) is 0 Å². The van der Waals surface area contributed by atoms with E-state index in [1.807, 2.05) is 11.8 Å². The maximum Gasteiger partial charge on any atom is 0.326 e. The summed E-state index contributed by atoms with van der Waals surface area (Å²) in [5.41, 5.74) is 0. The van der Waals surface area contributed by atoms with Crippen LogP contribution in [0.4, 0.5) is 0 Å². The van der Waals surface area contributed by atoms with Crippen LogP contribution in [-0.2, 0) is 24.0 Å². The number of likely N-dealkylation sites (tertiary alicyclic amines) is 1. The second-order valence-electron chi connectivity index (χ2n) is 12.2. The summed E-state index contributed by atoms with van der Waals surface area (Å²) in [6.07, 6.45) is 21.1. The molecular formula is C33H59N3O7. The van der Waals surface area contributed by atoms with Crippen molar-refractivity contribution in [2.75, 3.05) is 19.6 Å². The number of nitrogens with zero attached hydrogens (tertiary/aromatic N) is 1. The SMILES string of the molecule is CCCNC(=O)C[C@@H](NC(=O)C1CCN(C(=O)CCCCCCCCCCCCCCCCCCC(=O)O)CC1)C(=O)O. The molecule has 10 nitrogen and oxygen atoms in total. The van der Waals surface area contributed by atoms with Crippen LogP contribution in [0, 0.1) is 5.92 Å². The van der Waals surface area contributed by atoms with Crippen molar-refractivity contribution >= 4 is 29.7 Å². The van der Waals surface area contributed by atoms with Gasteiger partial charge >= 0.3 is 11.9 Å². The van der Waals surface area contributed by atoms with Crippen LogP contribution in [0.5, 0.6) is 0 Å². The van der Waals surface area contributed by atoms with Gasteiger partial charge in [0.2, 0.25) is 17.7 Å². The summed E-state index contributed by atoms with van der Waals surface area (Å²) >= 11 is 0. The van der Waals surface area contributed by atoms with Crippen molar-refractivity contribution in [1.82, 2.24) is 15.5 Å². The number of carboxylic acid groups (broad SMARTS) is 2. The lowest BCUT2D eigenvalue weighted by atomic mass is 9.95. The Labute approximate surface area is 259 Å². The van der Waals surface area contributed by atoms with E-state index in [0.717, 1.165) is 44.9 Å². The first kappa shape index (κ1) is 38.4. The molecule has 10 heteroatoms. The average molecular weight is 610 g/mol. The molecule has 1 fully saturated rings. The minimum atomic E-state index is -1.25. The quantitative estimate of drug-likeness (QED) is 0.0902. The van der Waals surface area contributed by atoms with Crippen LogP contribution < -0.4 is 10.6 Å². The van der Waals surface area contributed by atoms with Gasteiger partial charge in [0.1, 0.15) is 6.04 Å². The van der Waals surface area contributed by atoms with Crippen LogP contribution in [0.3, 0.4) is 0 Å². The molecule has 4 N–H and O–H groups in total. The molecule has 1 rings (SSSR count). The van der Waals surface area contributed by atoms with Gasteiger partial charge in [0.15, 0.2) is 0 Å². The second-order valence-corrected chi connectivity index (χ2v) is 12.2. The van der Waals surface area contributed by atoms with E-state index in [1.54, 1.807) is 0 Å². The number of hydrogen-bond donors (Lipinski definition) is 4. The fourth-order valence-electron chi connectivity index (χ4n) is 5.59. The smallest absolute Gasteiger partial charge is 0.326 e. The first-order chi connectivity index (χ1) is 20.7. The molecule has 0 aromatic carbocycles. The van der Waals surface area contributed by atoms with Gasteiger partial charge < -0.3 is 25.7 Å². The molecule has 0 bridgehead atoms. The molecule has 1 heterocycles. The number of unbranched alkanes of at least 4 members (excludes halogenated alkanes) is 15. The van der Waals surface area contributed by atoms with Crippen molar-refractivity contribution in [1.29, 1.82) is 0 Å². The number of aliphatic carboxylic acids is 2. The van der Waals surface area contributed by atoms with E-state index in [4.69, 9.17) is 5.11 Å². The zero-order valence-electron chi connectivity index (χ0n) is 26.7. The monoisotopic (exact) mass is 609 g/mol. The van der Waals surface area contributed by atoms with Crippen molar-refractivity contribution in [2.24, 2.45) is 5.92 Å². The standard InChI is InChI=1S/C33H59N3O7/c1-2-23-34-29(37)26-28(33(42)43)35-32(41)27-21-24-36(25-22-27)30(38)19-17-15-13-11-9-7-5-3-4-6-8-10-12-14-16-18-20-31(39)40/h27-28H,2-26H2,1H3,(H,34,37)(H,35,41)(H,39,40)(H,42,43)/t28-/m1/s1. The predicted octanol–water partition coefficient (Wildman–Crippen LogP) is 5.82. The van der Waals surface area contributed by atoms with Gasteiger partial charge in [-0.2, -0.15) is 0 Å². The van der Waals surface area contributed by atoms with E-state index in [9.17, 15) is 29.1 Å². The van der Waals surface area contributed by atoms with E-state index in [1.165, 1.54) is 64.2 Å². The molecule has 1 saturated heterocycles. The van der Waals surface area contributed by atoms with Gasteiger partial charge in [-0.05, 0) is 32.1 Å². The predicted molar refractivity (Wildman–Crippen MR) is 168 cm³/mol. The van der Waals surface area contributed by atoms with Crippen LogP contribution in [0.25, 0.3) is 0 Å². The lowest BCUT2D eigenvalue weighted by Crippen LogP contribution is -2.49. The number of piperidine rings is 1. The summed E-state index contributed by atoms with van der Waals surface area (Å²) < 4.78 is 0. The maximum absolute atomic E-state index is 12.6. The van der Waals surface area contributed by atoms with Gasteiger partial charge in [0.05, 0.1) is 6.42 Å². The molecule has 0 aromatic rings. The Morgan fingerprint density at radius 3 is 1.56 bits per heavy atom. The van der Waals surface area contributed by atoms with Gasteiger partial charge in [0, 0.05) is 38.4 Å². The molecule has 0 aliphatic carbocycles. The topological polar surface area (TPSA) is 153 Å². The summed E-state index contributed by atoms with van der Waals surface area (Å²) in [6, 6.07) is -1.25. The highest BCUT2D eigenvalue weighted by Crippen LogP contribution is 2.20. The Hall–Kier alpha value is -2.65. The number of carboxylic acids is 2. The number of carbonyl (C=O) groups is 5. The molecule has 43 heavy (non-hydrogen) atoms. The van der Waals surface area contributed by atoms with Crippen molar-refractivity contribution in [2.45, 2.75) is 154 Å². The van der Waals surface area contributed by atoms with Gasteiger partial charge in [-0.3, -0.25) is 19.2 Å². The number of amides is 3. The molecular weight excluding hydrogens is 550 g/mol. The summed E-state index contributed by atoms with van der Waals surface area (Å²) in [6.45, 7) is 3.37. The van der Waals surface area contributed by atoms with E-state index in [2.05, 4.69) is 10.6 Å². The van der Waals surface area contributed by atoms with Crippen LogP contribution in [0.2, 0.25) is 0 Å². The molecule has 3 amide bonds. The van der Waals surface area contributed by atoms with Gasteiger partial charge in [-0.1, -0.05) is 96.8 Å². The number of nitrogens with one attached hydrogen (secondary N) is 2. The Bertz CT molecular complexity index is 812. The van der Waals surface area contributed by atoms with Crippen LogP contribution in [0.15, 0.2) is 0 Å². The third-order valence-corrected chi connectivity index (χ3v) is 8.33. The fraction of sp³-hybridized carbons (Fsp3) is 0.848. The Morgan fingerprint density at radius 2 is 1.14 bits per heavy atom. The molecule has 0 spiro atoms. The lowest BCUT2D eigenvalue weighted by Gasteiger charge is -2.32. The van der Waals surface area contributed by atoms with Gasteiger partial charge in [-0.25, -0.2) is 4.79 Å². The van der Waals surface area contributed by atoms with Crippen LogP contribution in [0.1, 0.15) is 148 Å². The Morgan fingerprint density at radius 1 is 0.698 bits per heavy atom. The molecule has 1 atom stereocenters. The van der Waals surface area contributed by atoms with Gasteiger partial charge in [-0.15, -0.1) is 0 Å². The molecule has 248 valence electrons. The molecule has 0 saturated carbocycles. The summed E-state index contributed by atoms with van der Waals surface area (Å²) in [5, 5.41) is 23.2. The van der Waals surface area contributed by atoms with Gasteiger partial charge in [0.25, 0.3) is 0 Å². The third kappa shape index (κ3) is 20.0. The number of hydrogen-bond acceptors (Lipinski definition) is 5. The lowest BCUT2D eigenvalue weighted by molar-refractivity contribution is -0.144. The van der Waals surface area contributed by atoms with Crippen molar-refractivity contribution < 1.29 is 34.2 Å². The number of rotatable bonds is 26. The maximum atomic E-state index is 12.6. The number of carbonyl (C=O) groups excluding carboxylic acids is 3. The molecule has 0 aromatic heterocycles. The first-order valence-corrected chi connectivity index (χ1v) is 17.0. The summed E-state index contributed by atoms with van der Waals surface area (Å²) in [4.78, 5) is 60.9. The largest absolute Gasteiger partial charge is 0.481 e. The molecule has 0 unspecified atom stereocenters. The van der Waals surface area contributed by atoms with E-state index in [-0.39, 0.29) is 24.2 Å².